The van der Waals surface area contributed by atoms with Crippen LogP contribution in [0, 0.1) is 0 Å². The summed E-state index contributed by atoms with van der Waals surface area (Å²) in [6.45, 7) is 3.90. The monoisotopic (exact) mass is 350 g/mol. The second kappa shape index (κ2) is 6.75. The van der Waals surface area contributed by atoms with Crippen molar-refractivity contribution in [2.75, 3.05) is 26.2 Å². The fourth-order valence-corrected chi connectivity index (χ4v) is 2.78. The van der Waals surface area contributed by atoms with E-state index < -0.39 is 0 Å². The molecule has 1 aliphatic rings. The maximum atomic E-state index is 5.95. The molecule has 0 saturated carbocycles. The van der Waals surface area contributed by atoms with Gasteiger partial charge in [0.05, 0.1) is 19.3 Å². The van der Waals surface area contributed by atoms with Crippen LogP contribution in [0.25, 0.3) is 11.3 Å². The highest BCUT2D eigenvalue weighted by Gasteiger charge is 2.20. The lowest BCUT2D eigenvalue weighted by atomic mass is 10.2. The van der Waals surface area contributed by atoms with Crippen molar-refractivity contribution >= 4 is 15.9 Å². The zero-order valence-corrected chi connectivity index (χ0v) is 13.4. The zero-order valence-electron chi connectivity index (χ0n) is 11.8. The predicted molar refractivity (Wildman–Crippen MR) is 85.9 cm³/mol. The van der Waals surface area contributed by atoms with Gasteiger partial charge < -0.3 is 14.9 Å². The first kappa shape index (κ1) is 14.8. The average Bonchev–Trinajstić information content (AvgIpc) is 2.96. The highest BCUT2D eigenvalue weighted by atomic mass is 79.9. The molecule has 1 fully saturated rings. The van der Waals surface area contributed by atoms with Crippen molar-refractivity contribution in [3.05, 3.63) is 46.6 Å². The minimum Gasteiger partial charge on any atom is -0.460 e. The highest BCUT2D eigenvalue weighted by molar-refractivity contribution is 9.10. The van der Waals surface area contributed by atoms with Gasteiger partial charge in [-0.3, -0.25) is 4.90 Å². The van der Waals surface area contributed by atoms with Gasteiger partial charge in [0, 0.05) is 29.7 Å². The lowest BCUT2D eigenvalue weighted by Gasteiger charge is -2.31. The summed E-state index contributed by atoms with van der Waals surface area (Å²) in [5.41, 5.74) is 6.76. The maximum absolute atomic E-state index is 5.95. The first-order chi connectivity index (χ1) is 10.2. The molecule has 1 aliphatic heterocycles. The van der Waals surface area contributed by atoms with Crippen LogP contribution in [-0.4, -0.2) is 37.2 Å². The molecule has 0 bridgehead atoms. The molecule has 2 aromatic rings. The largest absolute Gasteiger partial charge is 0.460 e. The van der Waals surface area contributed by atoms with E-state index in [0.717, 1.165) is 47.8 Å². The predicted octanol–water partition coefficient (Wildman–Crippen LogP) is 2.87. The number of rotatable bonds is 4. The number of nitrogens with two attached hydrogens (primary N) is 1. The van der Waals surface area contributed by atoms with Gasteiger partial charge in [0.25, 0.3) is 0 Å². The summed E-state index contributed by atoms with van der Waals surface area (Å²) < 4.78 is 12.6. The van der Waals surface area contributed by atoms with Crippen LogP contribution in [0.15, 0.2) is 45.3 Å². The normalized spacial score (nSPS) is 19.8. The van der Waals surface area contributed by atoms with Gasteiger partial charge in [0.2, 0.25) is 0 Å². The molecular weight excluding hydrogens is 332 g/mol. The standard InChI is InChI=1S/C16H19BrN2O2/c17-13-3-1-12(2-4-13)16-6-5-14(21-16)10-19-7-8-20-15(9-18)11-19/h1-6,15H,7-11,18H2. The van der Waals surface area contributed by atoms with E-state index in [9.17, 15) is 0 Å². The highest BCUT2D eigenvalue weighted by Crippen LogP contribution is 2.24. The summed E-state index contributed by atoms with van der Waals surface area (Å²) in [5.74, 6) is 1.88. The minimum absolute atomic E-state index is 0.139. The van der Waals surface area contributed by atoms with Crippen molar-refractivity contribution in [2.45, 2.75) is 12.6 Å². The first-order valence-corrected chi connectivity index (χ1v) is 7.92. The number of ether oxygens (including phenoxy) is 1. The van der Waals surface area contributed by atoms with Crippen LogP contribution in [0.1, 0.15) is 5.76 Å². The summed E-state index contributed by atoms with van der Waals surface area (Å²) in [5, 5.41) is 0. The number of hydrogen-bond donors (Lipinski definition) is 1. The minimum atomic E-state index is 0.139. The van der Waals surface area contributed by atoms with Crippen LogP contribution >= 0.6 is 15.9 Å². The Morgan fingerprint density at radius 2 is 2.00 bits per heavy atom. The molecule has 2 N–H and O–H groups in total. The maximum Gasteiger partial charge on any atom is 0.134 e. The van der Waals surface area contributed by atoms with Crippen molar-refractivity contribution in [3.8, 4) is 11.3 Å². The number of hydrogen-bond acceptors (Lipinski definition) is 4. The van der Waals surface area contributed by atoms with Crippen LogP contribution in [0.2, 0.25) is 0 Å². The molecule has 2 heterocycles. The number of nitrogens with zero attached hydrogens (tertiary/aromatic N) is 1. The topological polar surface area (TPSA) is 51.6 Å². The summed E-state index contributed by atoms with van der Waals surface area (Å²) in [7, 11) is 0. The molecule has 1 saturated heterocycles. The fourth-order valence-electron chi connectivity index (χ4n) is 2.52. The van der Waals surface area contributed by atoms with Gasteiger partial charge in [-0.15, -0.1) is 0 Å². The number of halogens is 1. The molecule has 21 heavy (non-hydrogen) atoms. The lowest BCUT2D eigenvalue weighted by molar-refractivity contribution is -0.0278. The van der Waals surface area contributed by atoms with E-state index >= 15 is 0 Å². The van der Waals surface area contributed by atoms with E-state index in [1.165, 1.54) is 0 Å². The van der Waals surface area contributed by atoms with E-state index in [1.807, 2.05) is 36.4 Å². The molecule has 0 spiro atoms. The molecule has 0 radical (unpaired) electrons. The van der Waals surface area contributed by atoms with Gasteiger partial charge in [-0.1, -0.05) is 28.1 Å². The van der Waals surface area contributed by atoms with Crippen LogP contribution in [0.5, 0.6) is 0 Å². The van der Waals surface area contributed by atoms with Crippen molar-refractivity contribution in [3.63, 3.8) is 0 Å². The zero-order chi connectivity index (χ0) is 14.7. The molecule has 1 aromatic heterocycles. The molecule has 1 atom stereocenters. The third-order valence-corrected chi connectivity index (χ3v) is 4.18. The molecule has 112 valence electrons. The van der Waals surface area contributed by atoms with Crippen LogP contribution in [-0.2, 0) is 11.3 Å². The van der Waals surface area contributed by atoms with Crippen molar-refractivity contribution < 1.29 is 9.15 Å². The first-order valence-electron chi connectivity index (χ1n) is 7.13. The molecule has 1 aromatic carbocycles. The van der Waals surface area contributed by atoms with Gasteiger partial charge in [-0.25, -0.2) is 0 Å². The van der Waals surface area contributed by atoms with Gasteiger partial charge in [0.15, 0.2) is 0 Å². The molecule has 5 heteroatoms. The van der Waals surface area contributed by atoms with Crippen LogP contribution in [0.3, 0.4) is 0 Å². The molecular formula is C16H19BrN2O2. The van der Waals surface area contributed by atoms with E-state index in [1.54, 1.807) is 0 Å². The quantitative estimate of drug-likeness (QED) is 0.920. The summed E-state index contributed by atoms with van der Waals surface area (Å²) in [6, 6.07) is 12.2. The Kier molecular flexibility index (Phi) is 4.75. The molecule has 1 unspecified atom stereocenters. The number of furan rings is 1. The second-order valence-electron chi connectivity index (χ2n) is 5.24. The third-order valence-electron chi connectivity index (χ3n) is 3.66. The summed E-state index contributed by atoms with van der Waals surface area (Å²) in [4.78, 5) is 2.32. The Labute approximate surface area is 133 Å². The van der Waals surface area contributed by atoms with E-state index in [4.69, 9.17) is 14.9 Å². The summed E-state index contributed by atoms with van der Waals surface area (Å²) >= 11 is 3.44. The Morgan fingerprint density at radius 3 is 2.76 bits per heavy atom. The summed E-state index contributed by atoms with van der Waals surface area (Å²) in [6.07, 6.45) is 0.139. The van der Waals surface area contributed by atoms with Gasteiger partial charge in [-0.05, 0) is 24.3 Å². The smallest absolute Gasteiger partial charge is 0.134 e. The third kappa shape index (κ3) is 3.74. The SMILES string of the molecule is NCC1CN(Cc2ccc(-c3ccc(Br)cc3)o2)CCO1. The molecule has 4 nitrogen and oxygen atoms in total. The van der Waals surface area contributed by atoms with Gasteiger partial charge in [-0.2, -0.15) is 0 Å². The van der Waals surface area contributed by atoms with Crippen LogP contribution in [0.4, 0.5) is 0 Å². The Hall–Kier alpha value is -1.14. The van der Waals surface area contributed by atoms with E-state index in [2.05, 4.69) is 20.8 Å². The number of morpholine rings is 1. The Balaban J connectivity index is 1.66. The fraction of sp³-hybridized carbons (Fsp3) is 0.375. The van der Waals surface area contributed by atoms with Crippen molar-refractivity contribution in [2.24, 2.45) is 5.73 Å². The van der Waals surface area contributed by atoms with Crippen molar-refractivity contribution in [1.82, 2.24) is 4.90 Å². The van der Waals surface area contributed by atoms with Gasteiger partial charge >= 0.3 is 0 Å². The van der Waals surface area contributed by atoms with E-state index in [0.29, 0.717) is 6.54 Å². The number of benzene rings is 1. The second-order valence-corrected chi connectivity index (χ2v) is 6.15. The molecule has 0 aliphatic carbocycles. The Bertz CT molecular complexity index is 582. The molecule has 0 amide bonds. The van der Waals surface area contributed by atoms with E-state index in [-0.39, 0.29) is 6.10 Å². The Morgan fingerprint density at radius 1 is 1.19 bits per heavy atom. The van der Waals surface area contributed by atoms with Gasteiger partial charge in [0.1, 0.15) is 11.5 Å². The van der Waals surface area contributed by atoms with Crippen molar-refractivity contribution in [1.29, 1.82) is 0 Å². The average molecular weight is 351 g/mol. The molecule has 3 rings (SSSR count). The van der Waals surface area contributed by atoms with Crippen LogP contribution < -0.4 is 5.73 Å². The lowest BCUT2D eigenvalue weighted by Crippen LogP contribution is -2.45.